The van der Waals surface area contributed by atoms with E-state index in [0.29, 0.717) is 27.5 Å². The topological polar surface area (TPSA) is 30.7 Å². The van der Waals surface area contributed by atoms with E-state index in [-0.39, 0.29) is 11.1 Å². The second-order valence-corrected chi connectivity index (χ2v) is 11.2. The zero-order chi connectivity index (χ0) is 24.8. The maximum absolute atomic E-state index is 14.1. The van der Waals surface area contributed by atoms with E-state index in [9.17, 15) is 17.6 Å². The first kappa shape index (κ1) is 24.5. The molecule has 0 aliphatic carbocycles. The lowest BCUT2D eigenvalue weighted by Gasteiger charge is -2.08. The van der Waals surface area contributed by atoms with Gasteiger partial charge in [0.2, 0.25) is 5.13 Å². The third-order valence-corrected chi connectivity index (χ3v) is 7.51. The van der Waals surface area contributed by atoms with Gasteiger partial charge in [0.25, 0.3) is 0 Å². The number of thiazole rings is 1. The fraction of sp³-hybridized carbons (Fsp3) is 0.280. The highest BCUT2D eigenvalue weighted by Crippen LogP contribution is 2.41. The Kier molecular flexibility index (Phi) is 6.61. The molecule has 9 heteroatoms. The molecular weight excluding hydrogens is 482 g/mol. The van der Waals surface area contributed by atoms with Crippen LogP contribution in [0.2, 0.25) is 0 Å². The van der Waals surface area contributed by atoms with Crippen LogP contribution in [0.15, 0.2) is 46.8 Å². The van der Waals surface area contributed by atoms with Gasteiger partial charge in [-0.1, -0.05) is 37.3 Å². The van der Waals surface area contributed by atoms with Gasteiger partial charge in [0, 0.05) is 22.6 Å². The number of hydrogen-bond donors (Lipinski definition) is 0. The monoisotopic (exact) mass is 505 g/mol. The van der Waals surface area contributed by atoms with Crippen molar-refractivity contribution in [2.24, 2.45) is 0 Å². The van der Waals surface area contributed by atoms with Crippen LogP contribution < -0.4 is 0 Å². The summed E-state index contributed by atoms with van der Waals surface area (Å²) in [6.45, 7) is 9.45. The van der Waals surface area contributed by atoms with E-state index in [1.54, 1.807) is 42.4 Å². The van der Waals surface area contributed by atoms with Crippen LogP contribution in [0, 0.1) is 26.6 Å². The van der Waals surface area contributed by atoms with Gasteiger partial charge in [0.1, 0.15) is 5.82 Å². The average Bonchev–Trinajstić information content (AvgIpc) is 3.34. The smallest absolute Gasteiger partial charge is 0.217 e. The number of aryl methyl sites for hydroxylation is 3. The fourth-order valence-electron chi connectivity index (χ4n) is 3.63. The first-order valence-electron chi connectivity index (χ1n) is 10.6. The van der Waals surface area contributed by atoms with Gasteiger partial charge in [0.05, 0.1) is 21.2 Å². The first-order valence-corrected chi connectivity index (χ1v) is 12.3. The van der Waals surface area contributed by atoms with Crippen molar-refractivity contribution in [3.05, 3.63) is 70.8 Å². The quantitative estimate of drug-likeness (QED) is 0.202. The number of nitrogens with zero attached hydrogens (tertiary/aromatic N) is 3. The zero-order valence-corrected chi connectivity index (χ0v) is 20.9. The minimum absolute atomic E-state index is 0.217. The third kappa shape index (κ3) is 4.90. The molecule has 0 bridgehead atoms. The Bertz CT molecular complexity index is 1310. The van der Waals surface area contributed by atoms with Crippen LogP contribution in [0.25, 0.3) is 27.5 Å². The molecule has 178 valence electrons. The molecule has 0 spiro atoms. The summed E-state index contributed by atoms with van der Waals surface area (Å²) in [5.74, 6) is -0.217. The predicted molar refractivity (Wildman–Crippen MR) is 130 cm³/mol. The van der Waals surface area contributed by atoms with E-state index in [1.807, 2.05) is 13.1 Å². The molecule has 2 aromatic carbocycles. The Morgan fingerprint density at radius 2 is 1.59 bits per heavy atom. The van der Waals surface area contributed by atoms with Crippen molar-refractivity contribution in [3.63, 3.8) is 0 Å². The molecule has 4 rings (SSSR count). The Morgan fingerprint density at radius 1 is 0.971 bits per heavy atom. The minimum Gasteiger partial charge on any atom is -0.217 e. The molecule has 0 aliphatic heterocycles. The molecule has 0 fully saturated rings. The number of alkyl halides is 3. The van der Waals surface area contributed by atoms with Crippen molar-refractivity contribution in [1.82, 2.24) is 14.8 Å². The first-order chi connectivity index (χ1) is 15.9. The number of benzene rings is 2. The van der Waals surface area contributed by atoms with Gasteiger partial charge in [0.15, 0.2) is 0 Å². The highest BCUT2D eigenvalue weighted by atomic mass is 32.2. The molecule has 0 atom stereocenters. The Morgan fingerprint density at radius 3 is 2.15 bits per heavy atom. The van der Waals surface area contributed by atoms with Crippen LogP contribution in [0.4, 0.5) is 17.6 Å². The van der Waals surface area contributed by atoms with Gasteiger partial charge in [-0.25, -0.2) is 14.1 Å². The molecule has 0 N–H and O–H groups in total. The summed E-state index contributed by atoms with van der Waals surface area (Å²) in [4.78, 5) is 4.75. The summed E-state index contributed by atoms with van der Waals surface area (Å²) in [5, 5.41) is 5.50. The molecule has 0 amide bonds. The number of hydrogen-bond acceptors (Lipinski definition) is 4. The van der Waals surface area contributed by atoms with Crippen molar-refractivity contribution in [2.75, 3.05) is 0 Å². The lowest BCUT2D eigenvalue weighted by molar-refractivity contribution is -0.137. The SMILES string of the molecule is Cc1cc(-c2cn(-c3nc(-c4ccc(C(F)(F)F)cc4)c(SC(C)C)s3)nc2C)cc(C)c1F. The molecule has 34 heavy (non-hydrogen) atoms. The van der Waals surface area contributed by atoms with E-state index in [0.717, 1.165) is 33.2 Å². The second-order valence-electron chi connectivity index (χ2n) is 8.37. The molecule has 0 saturated heterocycles. The van der Waals surface area contributed by atoms with Gasteiger partial charge < -0.3 is 0 Å². The Labute approximate surface area is 203 Å². The highest BCUT2D eigenvalue weighted by Gasteiger charge is 2.30. The van der Waals surface area contributed by atoms with Crippen LogP contribution in [-0.4, -0.2) is 20.0 Å². The molecule has 0 unspecified atom stereocenters. The molecule has 0 saturated carbocycles. The summed E-state index contributed by atoms with van der Waals surface area (Å²) >= 11 is 3.05. The lowest BCUT2D eigenvalue weighted by Crippen LogP contribution is -2.04. The number of aromatic nitrogens is 3. The van der Waals surface area contributed by atoms with Crippen LogP contribution in [0.3, 0.4) is 0 Å². The maximum Gasteiger partial charge on any atom is 0.416 e. The predicted octanol–water partition coefficient (Wildman–Crippen LogP) is 8.25. The van der Waals surface area contributed by atoms with Crippen molar-refractivity contribution < 1.29 is 17.6 Å². The number of rotatable bonds is 5. The van der Waals surface area contributed by atoms with E-state index < -0.39 is 11.7 Å². The summed E-state index contributed by atoms with van der Waals surface area (Å²) in [6.07, 6.45) is -2.53. The van der Waals surface area contributed by atoms with E-state index in [1.165, 1.54) is 23.5 Å². The molecular formula is C25H23F4N3S2. The van der Waals surface area contributed by atoms with Gasteiger partial charge in [-0.3, -0.25) is 0 Å². The zero-order valence-electron chi connectivity index (χ0n) is 19.3. The molecule has 2 heterocycles. The maximum atomic E-state index is 14.1. The fourth-order valence-corrected chi connectivity index (χ4v) is 6.08. The Hall–Kier alpha value is -2.65. The largest absolute Gasteiger partial charge is 0.416 e. The van der Waals surface area contributed by atoms with E-state index in [2.05, 4.69) is 18.9 Å². The van der Waals surface area contributed by atoms with Crippen LogP contribution >= 0.6 is 23.1 Å². The van der Waals surface area contributed by atoms with E-state index in [4.69, 9.17) is 4.98 Å². The summed E-state index contributed by atoms with van der Waals surface area (Å²) < 4.78 is 55.7. The normalized spacial score (nSPS) is 12.1. The van der Waals surface area contributed by atoms with Crippen molar-refractivity contribution in [3.8, 4) is 27.5 Å². The standard InChI is InChI=1S/C25H23F4N3S2/c1-13(2)33-23-22(17-6-8-19(9-7-17)25(27,28)29)30-24(34-23)32-12-20(16(5)31-32)18-10-14(3)21(26)15(4)11-18/h6-13H,1-5H3. The third-order valence-electron chi connectivity index (χ3n) is 5.26. The van der Waals surface area contributed by atoms with E-state index >= 15 is 0 Å². The van der Waals surface area contributed by atoms with Gasteiger partial charge in [-0.15, -0.1) is 11.8 Å². The summed E-state index contributed by atoms with van der Waals surface area (Å²) in [5.41, 5.74) is 4.21. The molecule has 4 aromatic rings. The molecule has 0 radical (unpaired) electrons. The summed E-state index contributed by atoms with van der Waals surface area (Å²) in [6, 6.07) is 8.66. The molecule has 2 aromatic heterocycles. The van der Waals surface area contributed by atoms with Crippen molar-refractivity contribution >= 4 is 23.1 Å². The Balaban J connectivity index is 1.76. The molecule has 3 nitrogen and oxygen atoms in total. The van der Waals surface area contributed by atoms with Gasteiger partial charge in [-0.2, -0.15) is 18.3 Å². The second kappa shape index (κ2) is 9.19. The number of thioether (sulfide) groups is 1. The van der Waals surface area contributed by atoms with Crippen LogP contribution in [0.1, 0.15) is 36.2 Å². The average molecular weight is 506 g/mol. The van der Waals surface area contributed by atoms with Crippen molar-refractivity contribution in [1.29, 1.82) is 0 Å². The highest BCUT2D eigenvalue weighted by molar-refractivity contribution is 8.01. The lowest BCUT2D eigenvalue weighted by atomic mass is 10.0. The van der Waals surface area contributed by atoms with Gasteiger partial charge >= 0.3 is 6.18 Å². The van der Waals surface area contributed by atoms with Crippen LogP contribution in [-0.2, 0) is 6.18 Å². The summed E-state index contributed by atoms with van der Waals surface area (Å²) in [7, 11) is 0. The van der Waals surface area contributed by atoms with Crippen LogP contribution in [0.5, 0.6) is 0 Å². The minimum atomic E-state index is -4.39. The number of halogens is 4. The molecule has 0 aliphatic rings. The van der Waals surface area contributed by atoms with Crippen molar-refractivity contribution in [2.45, 2.75) is 50.3 Å². The van der Waals surface area contributed by atoms with Gasteiger partial charge in [-0.05, 0) is 61.7 Å².